The van der Waals surface area contributed by atoms with Crippen LogP contribution in [0.15, 0.2) is 42.5 Å². The van der Waals surface area contributed by atoms with Crippen LogP contribution >= 0.6 is 0 Å². The lowest BCUT2D eigenvalue weighted by atomic mass is 10.0. The quantitative estimate of drug-likeness (QED) is 0.882. The molecule has 2 unspecified atom stereocenters. The van der Waals surface area contributed by atoms with Crippen molar-refractivity contribution < 1.29 is 13.5 Å². The minimum atomic E-state index is -0.565. The van der Waals surface area contributed by atoms with Gasteiger partial charge in [-0.2, -0.15) is 0 Å². The van der Waals surface area contributed by atoms with Gasteiger partial charge in [-0.3, -0.25) is 0 Å². The summed E-state index contributed by atoms with van der Waals surface area (Å²) < 4.78 is 31.9. The van der Waals surface area contributed by atoms with E-state index in [1.165, 1.54) is 12.1 Å². The molecule has 0 radical (unpaired) electrons. The van der Waals surface area contributed by atoms with Gasteiger partial charge in [0.2, 0.25) is 0 Å². The van der Waals surface area contributed by atoms with Gasteiger partial charge in [-0.05, 0) is 37.6 Å². The Bertz CT molecular complexity index is 615. The zero-order valence-corrected chi connectivity index (χ0v) is 12.4. The summed E-state index contributed by atoms with van der Waals surface area (Å²) in [4.78, 5) is 0. The smallest absolute Gasteiger partial charge is 0.130 e. The van der Waals surface area contributed by atoms with E-state index in [1.807, 2.05) is 38.1 Å². The van der Waals surface area contributed by atoms with Crippen LogP contribution in [0, 0.1) is 11.6 Å². The third kappa shape index (κ3) is 3.79. The number of benzene rings is 2. The van der Waals surface area contributed by atoms with Crippen LogP contribution in [0.5, 0.6) is 5.75 Å². The molecule has 0 aliphatic carbocycles. The molecule has 0 spiro atoms. The third-order valence-electron chi connectivity index (χ3n) is 3.52. The maximum Gasteiger partial charge on any atom is 0.130 e. The number of hydrogen-bond donors (Lipinski definition) is 1. The van der Waals surface area contributed by atoms with Crippen molar-refractivity contribution in [1.82, 2.24) is 5.32 Å². The minimum absolute atomic E-state index is 0.0135. The first-order valence-corrected chi connectivity index (χ1v) is 6.86. The summed E-state index contributed by atoms with van der Waals surface area (Å²) in [5.41, 5.74) is 1.50. The topological polar surface area (TPSA) is 21.3 Å². The summed E-state index contributed by atoms with van der Waals surface area (Å²) in [7, 11) is 1.62. The SMILES string of the molecule is COc1cccc(C(C)NC(C)c2ccc(F)cc2F)c1. The van der Waals surface area contributed by atoms with Crippen LogP contribution in [0.3, 0.4) is 0 Å². The Morgan fingerprint density at radius 1 is 1.00 bits per heavy atom. The highest BCUT2D eigenvalue weighted by Crippen LogP contribution is 2.24. The van der Waals surface area contributed by atoms with Crippen LogP contribution in [-0.4, -0.2) is 7.11 Å². The number of rotatable bonds is 5. The first-order valence-electron chi connectivity index (χ1n) is 6.86. The Morgan fingerprint density at radius 3 is 2.43 bits per heavy atom. The summed E-state index contributed by atoms with van der Waals surface area (Å²) in [5, 5.41) is 3.31. The fraction of sp³-hybridized carbons (Fsp3) is 0.294. The Morgan fingerprint density at radius 2 is 1.76 bits per heavy atom. The number of hydrogen-bond acceptors (Lipinski definition) is 2. The number of halogens is 2. The molecule has 0 heterocycles. The molecule has 2 atom stereocenters. The Balaban J connectivity index is 2.12. The summed E-state index contributed by atoms with van der Waals surface area (Å²) in [6.45, 7) is 3.85. The van der Waals surface area contributed by atoms with Crippen molar-refractivity contribution in [3.63, 3.8) is 0 Å². The molecule has 0 aromatic heterocycles. The summed E-state index contributed by atoms with van der Waals surface area (Å²) in [6.07, 6.45) is 0. The predicted octanol–water partition coefficient (Wildman–Crippen LogP) is 4.39. The van der Waals surface area contributed by atoms with Gasteiger partial charge in [0.05, 0.1) is 7.11 Å². The lowest BCUT2D eigenvalue weighted by Gasteiger charge is -2.21. The zero-order valence-electron chi connectivity index (χ0n) is 12.4. The second kappa shape index (κ2) is 6.68. The van der Waals surface area contributed by atoms with Gasteiger partial charge < -0.3 is 10.1 Å². The average Bonchev–Trinajstić information content (AvgIpc) is 2.47. The standard InChI is InChI=1S/C17H19F2NO/c1-11(13-5-4-6-15(9-13)21-3)20-12(2)16-8-7-14(18)10-17(16)19/h4-12,20H,1-3H3. The lowest BCUT2D eigenvalue weighted by Crippen LogP contribution is -2.23. The van der Waals surface area contributed by atoms with Gasteiger partial charge in [0.25, 0.3) is 0 Å². The van der Waals surface area contributed by atoms with Gasteiger partial charge in [0, 0.05) is 23.7 Å². The number of nitrogens with one attached hydrogen (secondary N) is 1. The molecule has 1 N–H and O–H groups in total. The van der Waals surface area contributed by atoms with Gasteiger partial charge in [-0.25, -0.2) is 8.78 Å². The van der Waals surface area contributed by atoms with Crippen LogP contribution in [0.25, 0.3) is 0 Å². The van der Waals surface area contributed by atoms with Crippen LogP contribution in [0.1, 0.15) is 37.1 Å². The minimum Gasteiger partial charge on any atom is -0.497 e. The van der Waals surface area contributed by atoms with Crippen molar-refractivity contribution in [2.24, 2.45) is 0 Å². The molecule has 2 nitrogen and oxygen atoms in total. The van der Waals surface area contributed by atoms with E-state index >= 15 is 0 Å². The lowest BCUT2D eigenvalue weighted by molar-refractivity contribution is 0.412. The van der Waals surface area contributed by atoms with Crippen LogP contribution in [-0.2, 0) is 0 Å². The molecule has 0 amide bonds. The van der Waals surface area contributed by atoms with Gasteiger partial charge in [0.15, 0.2) is 0 Å². The molecule has 2 aromatic rings. The molecule has 4 heteroatoms. The molecule has 0 saturated heterocycles. The maximum absolute atomic E-state index is 13.8. The van der Waals surface area contributed by atoms with Crippen molar-refractivity contribution in [2.75, 3.05) is 7.11 Å². The van der Waals surface area contributed by atoms with Gasteiger partial charge >= 0.3 is 0 Å². The third-order valence-corrected chi connectivity index (χ3v) is 3.52. The zero-order chi connectivity index (χ0) is 15.4. The van der Waals surface area contributed by atoms with E-state index in [-0.39, 0.29) is 12.1 Å². The molecule has 0 saturated carbocycles. The summed E-state index contributed by atoms with van der Waals surface area (Å²) >= 11 is 0. The molecule has 112 valence electrons. The van der Waals surface area contributed by atoms with E-state index < -0.39 is 11.6 Å². The normalized spacial score (nSPS) is 13.8. The summed E-state index contributed by atoms with van der Waals surface area (Å²) in [5.74, 6) is -0.320. The van der Waals surface area contributed by atoms with Gasteiger partial charge in [-0.15, -0.1) is 0 Å². The van der Waals surface area contributed by atoms with Gasteiger partial charge in [-0.1, -0.05) is 18.2 Å². The molecule has 21 heavy (non-hydrogen) atoms. The first-order chi connectivity index (χ1) is 10.0. The average molecular weight is 291 g/mol. The van der Waals surface area contributed by atoms with E-state index in [0.717, 1.165) is 17.4 Å². The molecule has 0 aliphatic heterocycles. The van der Waals surface area contributed by atoms with E-state index in [2.05, 4.69) is 5.32 Å². The van der Waals surface area contributed by atoms with E-state index in [1.54, 1.807) is 7.11 Å². The van der Waals surface area contributed by atoms with Crippen molar-refractivity contribution >= 4 is 0 Å². The molecule has 2 aromatic carbocycles. The summed E-state index contributed by atoms with van der Waals surface area (Å²) in [6, 6.07) is 11.1. The number of methoxy groups -OCH3 is 1. The molecule has 2 rings (SSSR count). The highest BCUT2D eigenvalue weighted by molar-refractivity contribution is 5.30. The van der Waals surface area contributed by atoms with Crippen molar-refractivity contribution in [3.8, 4) is 5.75 Å². The van der Waals surface area contributed by atoms with E-state index in [9.17, 15) is 8.78 Å². The predicted molar refractivity (Wildman–Crippen MR) is 79.3 cm³/mol. The van der Waals surface area contributed by atoms with Crippen LogP contribution in [0.4, 0.5) is 8.78 Å². The fourth-order valence-corrected chi connectivity index (χ4v) is 2.32. The maximum atomic E-state index is 13.8. The molecular formula is C17H19F2NO. The Labute approximate surface area is 123 Å². The monoisotopic (exact) mass is 291 g/mol. The molecule has 0 bridgehead atoms. The van der Waals surface area contributed by atoms with Crippen molar-refractivity contribution in [2.45, 2.75) is 25.9 Å². The largest absolute Gasteiger partial charge is 0.497 e. The first kappa shape index (κ1) is 15.4. The second-order valence-corrected chi connectivity index (χ2v) is 5.05. The molecular weight excluding hydrogens is 272 g/mol. The Kier molecular flexibility index (Phi) is 4.91. The highest BCUT2D eigenvalue weighted by Gasteiger charge is 2.15. The Hall–Kier alpha value is -1.94. The highest BCUT2D eigenvalue weighted by atomic mass is 19.1. The number of ether oxygens (including phenoxy) is 1. The second-order valence-electron chi connectivity index (χ2n) is 5.05. The van der Waals surface area contributed by atoms with Crippen LogP contribution in [0.2, 0.25) is 0 Å². The molecule has 0 fully saturated rings. The van der Waals surface area contributed by atoms with E-state index in [0.29, 0.717) is 5.56 Å². The van der Waals surface area contributed by atoms with Crippen LogP contribution < -0.4 is 10.1 Å². The fourth-order valence-electron chi connectivity index (χ4n) is 2.32. The van der Waals surface area contributed by atoms with Crippen molar-refractivity contribution in [1.29, 1.82) is 0 Å². The van der Waals surface area contributed by atoms with Gasteiger partial charge in [0.1, 0.15) is 17.4 Å². The van der Waals surface area contributed by atoms with Crippen molar-refractivity contribution in [3.05, 3.63) is 65.2 Å². The molecule has 0 aliphatic rings. The van der Waals surface area contributed by atoms with E-state index in [4.69, 9.17) is 4.74 Å².